The van der Waals surface area contributed by atoms with Gasteiger partial charge in [-0.25, -0.2) is 4.79 Å². The zero-order valence-electron chi connectivity index (χ0n) is 9.53. The number of anilines is 2. The molecule has 0 saturated heterocycles. The van der Waals surface area contributed by atoms with Crippen molar-refractivity contribution in [3.63, 3.8) is 0 Å². The Bertz CT molecular complexity index is 417. The molecule has 0 fully saturated rings. The third-order valence-electron chi connectivity index (χ3n) is 3.00. The number of hydrogen-bond acceptors (Lipinski definition) is 3. The van der Waals surface area contributed by atoms with Crippen molar-refractivity contribution in [1.82, 2.24) is 0 Å². The van der Waals surface area contributed by atoms with Gasteiger partial charge in [0.25, 0.3) is 0 Å². The predicted molar refractivity (Wildman–Crippen MR) is 64.4 cm³/mol. The van der Waals surface area contributed by atoms with Crippen LogP contribution in [0.2, 0.25) is 0 Å². The molecule has 1 atom stereocenters. The zero-order chi connectivity index (χ0) is 11.7. The number of nitrogens with zero attached hydrogens (tertiary/aromatic N) is 1. The van der Waals surface area contributed by atoms with Gasteiger partial charge in [0.2, 0.25) is 0 Å². The van der Waals surface area contributed by atoms with Crippen LogP contribution in [0.15, 0.2) is 18.2 Å². The highest BCUT2D eigenvalue weighted by Crippen LogP contribution is 2.31. The number of rotatable bonds is 2. The summed E-state index contributed by atoms with van der Waals surface area (Å²) in [7, 11) is 2.03. The van der Waals surface area contributed by atoms with E-state index in [0.29, 0.717) is 11.6 Å². The summed E-state index contributed by atoms with van der Waals surface area (Å²) in [6.45, 7) is 3.08. The van der Waals surface area contributed by atoms with Gasteiger partial charge in [0.05, 0.1) is 16.9 Å². The minimum absolute atomic E-state index is 0.330. The molecule has 4 nitrogen and oxygen atoms in total. The molecule has 4 heteroatoms. The maximum atomic E-state index is 10.9. The lowest BCUT2D eigenvalue weighted by Gasteiger charge is -2.34. The summed E-state index contributed by atoms with van der Waals surface area (Å²) in [5.74, 6) is -0.883. The Morgan fingerprint density at radius 2 is 2.38 bits per heavy atom. The fourth-order valence-corrected chi connectivity index (χ4v) is 2.04. The highest BCUT2D eigenvalue weighted by atomic mass is 16.4. The average molecular weight is 220 g/mol. The number of nitrogens with one attached hydrogen (secondary N) is 1. The molecule has 0 aliphatic carbocycles. The van der Waals surface area contributed by atoms with E-state index in [1.807, 2.05) is 13.1 Å². The first-order chi connectivity index (χ1) is 7.61. The van der Waals surface area contributed by atoms with Gasteiger partial charge in [0, 0.05) is 19.6 Å². The SMILES string of the molecule is CCC1CN(C)c2ccc(C(=O)O)cc2N1. The summed E-state index contributed by atoms with van der Waals surface area (Å²) in [6, 6.07) is 5.60. The van der Waals surface area contributed by atoms with Crippen molar-refractivity contribution in [2.75, 3.05) is 23.8 Å². The molecule has 1 aliphatic rings. The number of hydrogen-bond donors (Lipinski definition) is 2. The monoisotopic (exact) mass is 220 g/mol. The Balaban J connectivity index is 2.38. The molecule has 0 bridgehead atoms. The highest BCUT2D eigenvalue weighted by Gasteiger charge is 2.20. The fraction of sp³-hybridized carbons (Fsp3) is 0.417. The summed E-state index contributed by atoms with van der Waals surface area (Å²) >= 11 is 0. The van der Waals surface area contributed by atoms with Crippen molar-refractivity contribution < 1.29 is 9.90 Å². The van der Waals surface area contributed by atoms with Crippen LogP contribution in [0, 0.1) is 0 Å². The van der Waals surface area contributed by atoms with Crippen molar-refractivity contribution in [1.29, 1.82) is 0 Å². The van der Waals surface area contributed by atoms with Crippen LogP contribution < -0.4 is 10.2 Å². The van der Waals surface area contributed by atoms with E-state index in [4.69, 9.17) is 5.11 Å². The number of carboxylic acid groups (broad SMARTS) is 1. The van der Waals surface area contributed by atoms with Crippen LogP contribution in [0.25, 0.3) is 0 Å². The van der Waals surface area contributed by atoms with Crippen molar-refractivity contribution in [3.8, 4) is 0 Å². The van der Waals surface area contributed by atoms with Gasteiger partial charge >= 0.3 is 5.97 Å². The maximum Gasteiger partial charge on any atom is 0.335 e. The fourth-order valence-electron chi connectivity index (χ4n) is 2.04. The van der Waals surface area contributed by atoms with Crippen molar-refractivity contribution >= 4 is 17.3 Å². The topological polar surface area (TPSA) is 52.6 Å². The van der Waals surface area contributed by atoms with Crippen LogP contribution in [0.5, 0.6) is 0 Å². The van der Waals surface area contributed by atoms with Gasteiger partial charge in [-0.3, -0.25) is 0 Å². The standard InChI is InChI=1S/C12H16N2O2/c1-3-9-7-14(2)11-5-4-8(12(15)16)6-10(11)13-9/h4-6,9,13H,3,7H2,1-2H3,(H,15,16). The van der Waals surface area contributed by atoms with Crippen molar-refractivity contribution in [3.05, 3.63) is 23.8 Å². The molecule has 2 rings (SSSR count). The Kier molecular flexibility index (Phi) is 2.73. The molecule has 0 aromatic heterocycles. The lowest BCUT2D eigenvalue weighted by atomic mass is 10.1. The Morgan fingerprint density at radius 3 is 3.00 bits per heavy atom. The van der Waals surface area contributed by atoms with Crippen molar-refractivity contribution in [2.45, 2.75) is 19.4 Å². The number of carbonyl (C=O) groups is 1. The summed E-state index contributed by atoms with van der Waals surface area (Å²) in [6.07, 6.45) is 1.03. The first kappa shape index (κ1) is 10.8. The number of fused-ring (bicyclic) bond motifs is 1. The minimum Gasteiger partial charge on any atom is -0.478 e. The molecule has 1 heterocycles. The van der Waals surface area contributed by atoms with E-state index in [1.54, 1.807) is 12.1 Å². The predicted octanol–water partition coefficient (Wildman–Crippen LogP) is 2.03. The molecular formula is C12H16N2O2. The van der Waals surface area contributed by atoms with E-state index in [2.05, 4.69) is 17.1 Å². The van der Waals surface area contributed by atoms with Crippen LogP contribution in [0.3, 0.4) is 0 Å². The Hall–Kier alpha value is -1.71. The molecule has 0 saturated carbocycles. The van der Waals surface area contributed by atoms with Gasteiger partial charge in [0.15, 0.2) is 0 Å². The van der Waals surface area contributed by atoms with E-state index in [-0.39, 0.29) is 0 Å². The Labute approximate surface area is 94.9 Å². The van der Waals surface area contributed by atoms with E-state index in [9.17, 15) is 4.79 Å². The van der Waals surface area contributed by atoms with Gasteiger partial charge in [-0.2, -0.15) is 0 Å². The first-order valence-electron chi connectivity index (χ1n) is 5.47. The Morgan fingerprint density at radius 1 is 1.62 bits per heavy atom. The van der Waals surface area contributed by atoms with Crippen LogP contribution >= 0.6 is 0 Å². The van der Waals surface area contributed by atoms with Gasteiger partial charge in [-0.1, -0.05) is 6.92 Å². The molecule has 1 unspecified atom stereocenters. The normalized spacial score (nSPS) is 18.9. The smallest absolute Gasteiger partial charge is 0.335 e. The summed E-state index contributed by atoms with van der Waals surface area (Å²) < 4.78 is 0. The minimum atomic E-state index is -0.883. The van der Waals surface area contributed by atoms with Gasteiger partial charge < -0.3 is 15.3 Å². The van der Waals surface area contributed by atoms with Gasteiger partial charge in [0.1, 0.15) is 0 Å². The van der Waals surface area contributed by atoms with Crippen molar-refractivity contribution in [2.24, 2.45) is 0 Å². The van der Waals surface area contributed by atoms with E-state index in [1.165, 1.54) is 0 Å². The quantitative estimate of drug-likeness (QED) is 0.800. The van der Waals surface area contributed by atoms with E-state index in [0.717, 1.165) is 24.3 Å². The second-order valence-corrected chi connectivity index (χ2v) is 4.17. The molecule has 0 radical (unpaired) electrons. The molecule has 1 aromatic carbocycles. The van der Waals surface area contributed by atoms with Crippen LogP contribution in [-0.4, -0.2) is 30.7 Å². The number of carboxylic acids is 1. The number of benzene rings is 1. The molecular weight excluding hydrogens is 204 g/mol. The molecule has 1 aliphatic heterocycles. The first-order valence-corrected chi connectivity index (χ1v) is 5.47. The van der Waals surface area contributed by atoms with Gasteiger partial charge in [-0.05, 0) is 24.6 Å². The van der Waals surface area contributed by atoms with E-state index >= 15 is 0 Å². The second-order valence-electron chi connectivity index (χ2n) is 4.17. The van der Waals surface area contributed by atoms with E-state index < -0.39 is 5.97 Å². The summed E-state index contributed by atoms with van der Waals surface area (Å²) in [5.41, 5.74) is 2.31. The van der Waals surface area contributed by atoms with Crippen LogP contribution in [-0.2, 0) is 0 Å². The van der Waals surface area contributed by atoms with Crippen LogP contribution in [0.4, 0.5) is 11.4 Å². The second kappa shape index (κ2) is 4.04. The average Bonchev–Trinajstić information content (AvgIpc) is 2.28. The maximum absolute atomic E-state index is 10.9. The summed E-state index contributed by atoms with van der Waals surface area (Å²) in [4.78, 5) is 13.0. The molecule has 1 aromatic rings. The summed E-state index contributed by atoms with van der Waals surface area (Å²) in [5, 5.41) is 12.3. The largest absolute Gasteiger partial charge is 0.478 e. The van der Waals surface area contributed by atoms with Gasteiger partial charge in [-0.15, -0.1) is 0 Å². The molecule has 2 N–H and O–H groups in total. The highest BCUT2D eigenvalue weighted by molar-refractivity contribution is 5.91. The molecule has 86 valence electrons. The molecule has 0 spiro atoms. The number of aromatic carboxylic acids is 1. The lowest BCUT2D eigenvalue weighted by molar-refractivity contribution is 0.0697. The number of likely N-dealkylation sites (N-methyl/N-ethyl adjacent to an activating group) is 1. The molecule has 16 heavy (non-hydrogen) atoms. The molecule has 0 amide bonds. The lowest BCUT2D eigenvalue weighted by Crippen LogP contribution is -2.38. The zero-order valence-corrected chi connectivity index (χ0v) is 9.53. The third kappa shape index (κ3) is 1.83. The third-order valence-corrected chi connectivity index (χ3v) is 3.00. The van der Waals surface area contributed by atoms with Crippen LogP contribution in [0.1, 0.15) is 23.7 Å².